The molecule has 1 aliphatic rings. The largest absolute Gasteiger partial charge is 0.325 e. The summed E-state index contributed by atoms with van der Waals surface area (Å²) in [4.78, 5) is 11.9. The Balaban J connectivity index is 1.61. The molecule has 1 aromatic rings. The minimum absolute atomic E-state index is 0.0981. The van der Waals surface area contributed by atoms with Gasteiger partial charge in [-0.05, 0) is 50.1 Å². The summed E-state index contributed by atoms with van der Waals surface area (Å²) in [6.45, 7) is 3.17. The van der Waals surface area contributed by atoms with Crippen molar-refractivity contribution >= 4 is 23.4 Å². The smallest absolute Gasteiger partial charge is 0.234 e. The molecule has 1 aliphatic heterocycles. The summed E-state index contributed by atoms with van der Waals surface area (Å²) < 4.78 is 0. The van der Waals surface area contributed by atoms with E-state index in [4.69, 9.17) is 0 Å². The van der Waals surface area contributed by atoms with Crippen molar-refractivity contribution in [3.05, 3.63) is 29.8 Å². The van der Waals surface area contributed by atoms with Gasteiger partial charge in [0.25, 0.3) is 0 Å². The number of hydrogen-bond donors (Lipinski definition) is 2. The van der Waals surface area contributed by atoms with Crippen LogP contribution in [-0.4, -0.2) is 30.0 Å². The Morgan fingerprint density at radius 1 is 1.40 bits per heavy atom. The van der Waals surface area contributed by atoms with Gasteiger partial charge in [-0.25, -0.2) is 0 Å². The van der Waals surface area contributed by atoms with E-state index in [1.807, 2.05) is 31.2 Å². The van der Waals surface area contributed by atoms with E-state index in [-0.39, 0.29) is 5.91 Å². The predicted octanol–water partition coefficient (Wildman–Crippen LogP) is 3.20. The molecule has 3 nitrogen and oxygen atoms in total. The van der Waals surface area contributed by atoms with Crippen LogP contribution >= 0.6 is 11.8 Å². The average molecular weight is 292 g/mol. The van der Waals surface area contributed by atoms with E-state index in [9.17, 15) is 4.79 Å². The first-order valence-corrected chi connectivity index (χ1v) is 8.58. The zero-order valence-electron chi connectivity index (χ0n) is 12.2. The van der Waals surface area contributed by atoms with Crippen LogP contribution in [-0.2, 0) is 4.79 Å². The number of para-hydroxylation sites is 1. The molecule has 0 saturated carbocycles. The van der Waals surface area contributed by atoms with E-state index in [0.717, 1.165) is 23.5 Å². The number of benzene rings is 1. The van der Waals surface area contributed by atoms with Crippen LogP contribution in [0.25, 0.3) is 0 Å². The Morgan fingerprint density at radius 3 is 3.00 bits per heavy atom. The monoisotopic (exact) mass is 292 g/mol. The number of aryl methyl sites for hydroxylation is 1. The maximum absolute atomic E-state index is 11.9. The topological polar surface area (TPSA) is 41.1 Å². The molecule has 0 aliphatic carbocycles. The lowest BCUT2D eigenvalue weighted by molar-refractivity contribution is -0.113. The number of rotatable bonds is 6. The molecule has 1 heterocycles. The first-order valence-electron chi connectivity index (χ1n) is 7.42. The average Bonchev–Trinajstić information content (AvgIpc) is 2.47. The molecule has 0 radical (unpaired) electrons. The molecular weight excluding hydrogens is 268 g/mol. The molecule has 1 saturated heterocycles. The van der Waals surface area contributed by atoms with Crippen molar-refractivity contribution in [2.75, 3.05) is 23.4 Å². The van der Waals surface area contributed by atoms with Crippen molar-refractivity contribution in [3.8, 4) is 0 Å². The molecule has 2 rings (SSSR count). The highest BCUT2D eigenvalue weighted by Gasteiger charge is 2.12. The molecule has 1 fully saturated rings. The molecule has 1 atom stereocenters. The van der Waals surface area contributed by atoms with Crippen LogP contribution in [0.4, 0.5) is 5.69 Å². The van der Waals surface area contributed by atoms with Crippen molar-refractivity contribution in [2.45, 2.75) is 38.6 Å². The van der Waals surface area contributed by atoms with Crippen molar-refractivity contribution in [2.24, 2.45) is 0 Å². The van der Waals surface area contributed by atoms with Gasteiger partial charge in [-0.3, -0.25) is 4.79 Å². The van der Waals surface area contributed by atoms with E-state index < -0.39 is 0 Å². The second kappa shape index (κ2) is 8.32. The Hall–Kier alpha value is -1.000. The number of amides is 1. The van der Waals surface area contributed by atoms with Crippen LogP contribution in [0.5, 0.6) is 0 Å². The van der Waals surface area contributed by atoms with Crippen LogP contribution in [0, 0.1) is 6.92 Å². The fraction of sp³-hybridized carbons (Fsp3) is 0.562. The first kappa shape index (κ1) is 15.4. The number of piperidine rings is 1. The van der Waals surface area contributed by atoms with Crippen LogP contribution in [0.3, 0.4) is 0 Å². The number of carbonyl (C=O) groups is 1. The molecule has 0 bridgehead atoms. The van der Waals surface area contributed by atoms with Gasteiger partial charge in [-0.2, -0.15) is 11.8 Å². The predicted molar refractivity (Wildman–Crippen MR) is 87.4 cm³/mol. The number of nitrogens with one attached hydrogen (secondary N) is 2. The van der Waals surface area contributed by atoms with Crippen molar-refractivity contribution in [3.63, 3.8) is 0 Å². The molecule has 20 heavy (non-hydrogen) atoms. The second-order valence-electron chi connectivity index (χ2n) is 5.35. The fourth-order valence-electron chi connectivity index (χ4n) is 2.46. The van der Waals surface area contributed by atoms with Gasteiger partial charge in [-0.1, -0.05) is 24.6 Å². The summed E-state index contributed by atoms with van der Waals surface area (Å²) in [6.07, 6.45) is 5.11. The van der Waals surface area contributed by atoms with Gasteiger partial charge < -0.3 is 10.6 Å². The van der Waals surface area contributed by atoms with Crippen LogP contribution < -0.4 is 10.6 Å². The van der Waals surface area contributed by atoms with Crippen molar-refractivity contribution < 1.29 is 4.79 Å². The van der Waals surface area contributed by atoms with Crippen LogP contribution in [0.1, 0.15) is 31.2 Å². The van der Waals surface area contributed by atoms with E-state index in [1.54, 1.807) is 11.8 Å². The third kappa shape index (κ3) is 5.17. The quantitative estimate of drug-likeness (QED) is 0.791. The van der Waals surface area contributed by atoms with Crippen LogP contribution in [0.2, 0.25) is 0 Å². The Kier molecular flexibility index (Phi) is 6.40. The second-order valence-corrected chi connectivity index (χ2v) is 6.46. The SMILES string of the molecule is Cc1ccccc1NC(=O)CSCCC1CCCCN1. The summed E-state index contributed by atoms with van der Waals surface area (Å²) in [6, 6.07) is 8.55. The number of hydrogen-bond acceptors (Lipinski definition) is 3. The molecule has 0 aromatic heterocycles. The minimum Gasteiger partial charge on any atom is -0.325 e. The van der Waals surface area contributed by atoms with Gasteiger partial charge in [-0.15, -0.1) is 0 Å². The van der Waals surface area contributed by atoms with Gasteiger partial charge >= 0.3 is 0 Å². The van der Waals surface area contributed by atoms with E-state index in [0.29, 0.717) is 11.8 Å². The molecule has 2 N–H and O–H groups in total. The summed E-state index contributed by atoms with van der Waals surface area (Å²) in [5, 5.41) is 6.51. The zero-order chi connectivity index (χ0) is 14.2. The Morgan fingerprint density at radius 2 is 2.25 bits per heavy atom. The van der Waals surface area contributed by atoms with Gasteiger partial charge in [0.15, 0.2) is 0 Å². The third-order valence-electron chi connectivity index (χ3n) is 3.68. The lowest BCUT2D eigenvalue weighted by Crippen LogP contribution is -2.34. The Labute approximate surface area is 125 Å². The van der Waals surface area contributed by atoms with Gasteiger partial charge in [0, 0.05) is 11.7 Å². The van der Waals surface area contributed by atoms with Gasteiger partial charge in [0.2, 0.25) is 5.91 Å². The zero-order valence-corrected chi connectivity index (χ0v) is 13.0. The standard InChI is InChI=1S/C16H24N2OS/c1-13-6-2-3-8-15(13)18-16(19)12-20-11-9-14-7-4-5-10-17-14/h2-3,6,8,14,17H,4-5,7,9-12H2,1H3,(H,18,19). The Bertz CT molecular complexity index is 430. The van der Waals surface area contributed by atoms with Crippen molar-refractivity contribution in [1.82, 2.24) is 5.32 Å². The molecule has 1 unspecified atom stereocenters. The molecule has 0 spiro atoms. The molecule has 1 aromatic carbocycles. The maximum atomic E-state index is 11.9. The number of anilines is 1. The van der Waals surface area contributed by atoms with E-state index in [2.05, 4.69) is 10.6 Å². The maximum Gasteiger partial charge on any atom is 0.234 e. The highest BCUT2D eigenvalue weighted by molar-refractivity contribution is 7.99. The van der Waals surface area contributed by atoms with Crippen molar-refractivity contribution in [1.29, 1.82) is 0 Å². The number of thioether (sulfide) groups is 1. The summed E-state index contributed by atoms with van der Waals surface area (Å²) in [5.74, 6) is 1.70. The molecule has 4 heteroatoms. The highest BCUT2D eigenvalue weighted by Crippen LogP contribution is 2.15. The lowest BCUT2D eigenvalue weighted by atomic mass is 10.0. The molecular formula is C16H24N2OS. The minimum atomic E-state index is 0.0981. The van der Waals surface area contributed by atoms with Crippen LogP contribution in [0.15, 0.2) is 24.3 Å². The highest BCUT2D eigenvalue weighted by atomic mass is 32.2. The van der Waals surface area contributed by atoms with E-state index >= 15 is 0 Å². The lowest BCUT2D eigenvalue weighted by Gasteiger charge is -2.23. The summed E-state index contributed by atoms with van der Waals surface area (Å²) >= 11 is 1.73. The molecule has 1 amide bonds. The molecule has 110 valence electrons. The van der Waals surface area contributed by atoms with Gasteiger partial charge in [0.1, 0.15) is 0 Å². The fourth-order valence-corrected chi connectivity index (χ4v) is 3.31. The summed E-state index contributed by atoms with van der Waals surface area (Å²) in [7, 11) is 0. The summed E-state index contributed by atoms with van der Waals surface area (Å²) in [5.41, 5.74) is 2.03. The van der Waals surface area contributed by atoms with Gasteiger partial charge in [0.05, 0.1) is 5.75 Å². The normalized spacial score (nSPS) is 18.8. The van der Waals surface area contributed by atoms with E-state index in [1.165, 1.54) is 25.7 Å². The first-order chi connectivity index (χ1) is 9.75. The number of carbonyl (C=O) groups excluding carboxylic acids is 1. The third-order valence-corrected chi connectivity index (χ3v) is 4.67.